The van der Waals surface area contributed by atoms with Crippen molar-refractivity contribution in [2.75, 3.05) is 13.6 Å². The molecule has 0 aromatic heterocycles. The zero-order valence-corrected chi connectivity index (χ0v) is 12.5. The minimum absolute atomic E-state index is 0.258. The van der Waals surface area contributed by atoms with Crippen molar-refractivity contribution < 1.29 is 17.7 Å². The molecule has 6 nitrogen and oxygen atoms in total. The topological polar surface area (TPSA) is 80.5 Å². The molecule has 0 aliphatic heterocycles. The molecule has 0 saturated heterocycles. The van der Waals surface area contributed by atoms with Gasteiger partial charge in [0, 0.05) is 25.7 Å². The SMILES string of the molecule is CN(CC1CCCC1)S(=O)(=O)c1ccc([N+](=O)[O-])c(F)c1. The van der Waals surface area contributed by atoms with E-state index in [1.165, 1.54) is 11.4 Å². The third-order valence-corrected chi connectivity index (χ3v) is 5.63. The molecule has 0 N–H and O–H groups in total. The van der Waals surface area contributed by atoms with Gasteiger partial charge in [-0.2, -0.15) is 4.39 Å². The Balaban J connectivity index is 2.22. The molecule has 21 heavy (non-hydrogen) atoms. The number of nitrogens with zero attached hydrogens (tertiary/aromatic N) is 2. The maximum Gasteiger partial charge on any atom is 0.304 e. The summed E-state index contributed by atoms with van der Waals surface area (Å²) < 4.78 is 39.5. The van der Waals surface area contributed by atoms with Crippen LogP contribution < -0.4 is 0 Å². The highest BCUT2D eigenvalue weighted by Gasteiger charge is 2.27. The molecule has 0 radical (unpaired) electrons. The molecule has 1 aliphatic rings. The molecule has 1 fully saturated rings. The van der Waals surface area contributed by atoms with Crippen molar-refractivity contribution in [1.29, 1.82) is 0 Å². The first-order chi connectivity index (χ1) is 9.82. The number of hydrogen-bond acceptors (Lipinski definition) is 4. The fourth-order valence-electron chi connectivity index (χ4n) is 2.63. The van der Waals surface area contributed by atoms with Gasteiger partial charge in [-0.05, 0) is 24.8 Å². The summed E-state index contributed by atoms with van der Waals surface area (Å²) in [7, 11) is -2.37. The predicted octanol–water partition coefficient (Wildman–Crippen LogP) is 2.54. The number of sulfonamides is 1. The van der Waals surface area contributed by atoms with Gasteiger partial charge < -0.3 is 0 Å². The smallest absolute Gasteiger partial charge is 0.258 e. The van der Waals surface area contributed by atoms with Crippen molar-refractivity contribution in [2.24, 2.45) is 5.92 Å². The van der Waals surface area contributed by atoms with Crippen molar-refractivity contribution >= 4 is 15.7 Å². The van der Waals surface area contributed by atoms with Gasteiger partial charge in [-0.1, -0.05) is 12.8 Å². The van der Waals surface area contributed by atoms with Gasteiger partial charge in [0.05, 0.1) is 9.82 Å². The van der Waals surface area contributed by atoms with Gasteiger partial charge in [0.2, 0.25) is 15.8 Å². The summed E-state index contributed by atoms with van der Waals surface area (Å²) >= 11 is 0. The summed E-state index contributed by atoms with van der Waals surface area (Å²) in [5.74, 6) is -0.817. The Morgan fingerprint density at radius 2 is 2.00 bits per heavy atom. The van der Waals surface area contributed by atoms with Crippen molar-refractivity contribution in [1.82, 2.24) is 4.31 Å². The molecule has 8 heteroatoms. The van der Waals surface area contributed by atoms with Crippen molar-refractivity contribution in [3.63, 3.8) is 0 Å². The molecule has 1 aromatic carbocycles. The Bertz CT molecular complexity index is 642. The number of hydrogen-bond donors (Lipinski definition) is 0. The number of nitro groups is 1. The molecule has 1 aliphatic carbocycles. The van der Waals surface area contributed by atoms with Crippen LogP contribution in [0.3, 0.4) is 0 Å². The second-order valence-electron chi connectivity index (χ2n) is 5.31. The van der Waals surface area contributed by atoms with E-state index >= 15 is 0 Å². The van der Waals surface area contributed by atoms with E-state index in [0.29, 0.717) is 18.5 Å². The van der Waals surface area contributed by atoms with Gasteiger partial charge in [0.25, 0.3) is 0 Å². The van der Waals surface area contributed by atoms with Crippen LogP contribution in [0.2, 0.25) is 0 Å². The van der Waals surface area contributed by atoms with Gasteiger partial charge in [-0.25, -0.2) is 12.7 Å². The highest BCUT2D eigenvalue weighted by molar-refractivity contribution is 7.89. The van der Waals surface area contributed by atoms with Gasteiger partial charge in [-0.3, -0.25) is 10.1 Å². The standard InChI is InChI=1S/C13H17FN2O4S/c1-15(9-10-4-2-3-5-10)21(19,20)11-6-7-13(16(17)18)12(14)8-11/h6-8,10H,2-5,9H2,1H3. The molecule has 0 atom stereocenters. The molecule has 0 spiro atoms. The highest BCUT2D eigenvalue weighted by atomic mass is 32.2. The molecule has 1 saturated carbocycles. The monoisotopic (exact) mass is 316 g/mol. The van der Waals surface area contributed by atoms with Crippen LogP contribution in [0.4, 0.5) is 10.1 Å². The van der Waals surface area contributed by atoms with Crippen LogP contribution in [0.15, 0.2) is 23.1 Å². The van der Waals surface area contributed by atoms with Crippen LogP contribution in [0, 0.1) is 21.8 Å². The van der Waals surface area contributed by atoms with E-state index in [1.54, 1.807) is 0 Å². The minimum atomic E-state index is -3.82. The summed E-state index contributed by atoms with van der Waals surface area (Å²) in [5, 5.41) is 10.6. The first-order valence-electron chi connectivity index (χ1n) is 6.72. The van der Waals surface area contributed by atoms with E-state index in [1.807, 2.05) is 0 Å². The fraction of sp³-hybridized carbons (Fsp3) is 0.538. The molecule has 2 rings (SSSR count). The lowest BCUT2D eigenvalue weighted by molar-refractivity contribution is -0.387. The van der Waals surface area contributed by atoms with Crippen LogP contribution in [-0.2, 0) is 10.0 Å². The Labute approximate surface area is 122 Å². The summed E-state index contributed by atoms with van der Waals surface area (Å²) in [5.41, 5.74) is -0.729. The zero-order chi connectivity index (χ0) is 15.6. The number of nitro benzene ring substituents is 1. The molecule has 0 bridgehead atoms. The molecule has 116 valence electrons. The molecule has 0 heterocycles. The first-order valence-corrected chi connectivity index (χ1v) is 8.16. The molecule has 0 amide bonds. The first kappa shape index (κ1) is 15.8. The number of rotatable bonds is 5. The summed E-state index contributed by atoms with van der Waals surface area (Å²) in [6, 6.07) is 2.66. The normalized spacial score (nSPS) is 16.5. The Hall–Kier alpha value is -1.54. The Kier molecular flexibility index (Phi) is 4.58. The van der Waals surface area contributed by atoms with Crippen molar-refractivity contribution in [3.8, 4) is 0 Å². The summed E-state index contributed by atoms with van der Waals surface area (Å²) in [6.45, 7) is 0.390. The van der Waals surface area contributed by atoms with Crippen molar-refractivity contribution in [3.05, 3.63) is 34.1 Å². The summed E-state index contributed by atoms with van der Waals surface area (Å²) in [4.78, 5) is 9.41. The van der Waals surface area contributed by atoms with E-state index < -0.39 is 26.5 Å². The largest absolute Gasteiger partial charge is 0.304 e. The van der Waals surface area contributed by atoms with E-state index in [2.05, 4.69) is 0 Å². The van der Waals surface area contributed by atoms with Gasteiger partial charge in [0.15, 0.2) is 0 Å². The van der Waals surface area contributed by atoms with E-state index in [-0.39, 0.29) is 4.90 Å². The van der Waals surface area contributed by atoms with Crippen LogP contribution >= 0.6 is 0 Å². The molecule has 1 aromatic rings. The van der Waals surface area contributed by atoms with Gasteiger partial charge >= 0.3 is 5.69 Å². The van der Waals surface area contributed by atoms with Crippen LogP contribution in [0.1, 0.15) is 25.7 Å². The molecule has 0 unspecified atom stereocenters. The van der Waals surface area contributed by atoms with Crippen LogP contribution in [0.25, 0.3) is 0 Å². The molecular formula is C13H17FN2O4S. The third kappa shape index (κ3) is 3.38. The highest BCUT2D eigenvalue weighted by Crippen LogP contribution is 2.28. The van der Waals surface area contributed by atoms with Crippen molar-refractivity contribution in [2.45, 2.75) is 30.6 Å². The number of halogens is 1. The lowest BCUT2D eigenvalue weighted by atomic mass is 10.1. The maximum atomic E-state index is 13.6. The second kappa shape index (κ2) is 6.07. The predicted molar refractivity (Wildman–Crippen MR) is 74.8 cm³/mol. The van der Waals surface area contributed by atoms with E-state index in [9.17, 15) is 22.9 Å². The summed E-state index contributed by atoms with van der Waals surface area (Å²) in [6.07, 6.45) is 4.19. The quantitative estimate of drug-likeness (QED) is 0.617. The minimum Gasteiger partial charge on any atom is -0.258 e. The lowest BCUT2D eigenvalue weighted by Gasteiger charge is -2.20. The zero-order valence-electron chi connectivity index (χ0n) is 11.7. The van der Waals surface area contributed by atoms with Gasteiger partial charge in [-0.15, -0.1) is 0 Å². The van der Waals surface area contributed by atoms with Crippen LogP contribution in [0.5, 0.6) is 0 Å². The van der Waals surface area contributed by atoms with Crippen LogP contribution in [-0.4, -0.2) is 31.2 Å². The average molecular weight is 316 g/mol. The fourth-order valence-corrected chi connectivity index (χ4v) is 3.89. The van der Waals surface area contributed by atoms with E-state index in [4.69, 9.17) is 0 Å². The third-order valence-electron chi connectivity index (χ3n) is 3.81. The Morgan fingerprint density at radius 1 is 1.38 bits per heavy atom. The number of benzene rings is 1. The van der Waals surface area contributed by atoms with Gasteiger partial charge in [0.1, 0.15) is 0 Å². The lowest BCUT2D eigenvalue weighted by Crippen LogP contribution is -2.31. The van der Waals surface area contributed by atoms with E-state index in [0.717, 1.165) is 37.8 Å². The maximum absolute atomic E-state index is 13.6. The second-order valence-corrected chi connectivity index (χ2v) is 7.35. The molecular weight excluding hydrogens is 299 g/mol. The Morgan fingerprint density at radius 3 is 2.52 bits per heavy atom. The average Bonchev–Trinajstić information content (AvgIpc) is 2.90.